The Bertz CT molecular complexity index is 1060. The molecular weight excluding hydrogens is 344 g/mol. The molecule has 24 heavy (non-hydrogen) atoms. The number of hydrogen-bond acceptors (Lipinski definition) is 4. The summed E-state index contributed by atoms with van der Waals surface area (Å²) >= 11 is 7.81. The number of fused-ring (bicyclic) bond motifs is 1. The highest BCUT2D eigenvalue weighted by Crippen LogP contribution is 2.34. The van der Waals surface area contributed by atoms with Gasteiger partial charge in [-0.15, -0.1) is 11.3 Å². The van der Waals surface area contributed by atoms with Gasteiger partial charge in [0.15, 0.2) is 5.82 Å². The van der Waals surface area contributed by atoms with Crippen LogP contribution in [0.15, 0.2) is 53.4 Å². The van der Waals surface area contributed by atoms with Gasteiger partial charge in [-0.1, -0.05) is 29.8 Å². The van der Waals surface area contributed by atoms with Crippen LogP contribution in [0.1, 0.15) is 10.4 Å². The summed E-state index contributed by atoms with van der Waals surface area (Å²) in [7, 11) is 0. The Balaban J connectivity index is 2.06. The normalized spacial score (nSPS) is 11.0. The zero-order valence-corrected chi connectivity index (χ0v) is 13.9. The van der Waals surface area contributed by atoms with Crippen molar-refractivity contribution in [1.29, 1.82) is 0 Å². The summed E-state index contributed by atoms with van der Waals surface area (Å²) in [6.07, 6.45) is 0. The number of aromatic nitrogens is 3. The first-order chi connectivity index (χ1) is 11.6. The van der Waals surface area contributed by atoms with Crippen molar-refractivity contribution < 1.29 is 4.79 Å². The molecule has 5 nitrogen and oxygen atoms in total. The van der Waals surface area contributed by atoms with Crippen LogP contribution in [-0.2, 0) is 0 Å². The van der Waals surface area contributed by atoms with Crippen molar-refractivity contribution in [3.8, 4) is 17.1 Å². The zero-order chi connectivity index (χ0) is 16.7. The third kappa shape index (κ3) is 2.36. The molecule has 0 aliphatic heterocycles. The van der Waals surface area contributed by atoms with Crippen molar-refractivity contribution in [3.05, 3.63) is 63.9 Å². The van der Waals surface area contributed by atoms with Crippen molar-refractivity contribution in [2.45, 2.75) is 0 Å². The van der Waals surface area contributed by atoms with E-state index in [1.54, 1.807) is 22.3 Å². The molecule has 0 fully saturated rings. The molecule has 4 aromatic rings. The molecule has 0 radical (unpaired) electrons. The minimum absolute atomic E-state index is 0.421. The molecule has 2 heterocycles. The quantitative estimate of drug-likeness (QED) is 0.606. The summed E-state index contributed by atoms with van der Waals surface area (Å²) in [5.41, 5.74) is 9.88. The van der Waals surface area contributed by atoms with Crippen molar-refractivity contribution in [1.82, 2.24) is 14.8 Å². The van der Waals surface area contributed by atoms with Crippen LogP contribution in [0.5, 0.6) is 0 Å². The Morgan fingerprint density at radius 1 is 1.21 bits per heavy atom. The molecule has 0 aliphatic rings. The molecule has 1 amide bonds. The Labute approximate surface area is 146 Å². The molecule has 2 aromatic carbocycles. The molecule has 0 unspecified atom stereocenters. The third-order valence-electron chi connectivity index (χ3n) is 3.73. The number of carbonyl (C=O) groups excluding carboxylic acids is 1. The van der Waals surface area contributed by atoms with Gasteiger partial charge >= 0.3 is 0 Å². The summed E-state index contributed by atoms with van der Waals surface area (Å²) in [5.74, 6) is 0.201. The number of nitrogens with zero attached hydrogens (tertiary/aromatic N) is 3. The fraction of sp³-hybridized carbons (Fsp3) is 0. The molecular formula is C17H11ClN4OS. The topological polar surface area (TPSA) is 73.8 Å². The van der Waals surface area contributed by atoms with Gasteiger partial charge in [0, 0.05) is 21.9 Å². The minimum Gasteiger partial charge on any atom is -0.366 e. The number of nitrogens with two attached hydrogens (primary N) is 1. The van der Waals surface area contributed by atoms with E-state index >= 15 is 0 Å². The number of hydrogen-bond donors (Lipinski definition) is 1. The number of halogens is 1. The number of primary amides is 1. The van der Waals surface area contributed by atoms with Crippen LogP contribution in [0, 0.1) is 0 Å². The van der Waals surface area contributed by atoms with Gasteiger partial charge in [-0.3, -0.25) is 4.79 Å². The lowest BCUT2D eigenvalue weighted by Gasteiger charge is -2.01. The number of thiazole rings is 1. The largest absolute Gasteiger partial charge is 0.366 e. The standard InChI is InChI=1S/C17H11ClN4OS/c18-13-4-2-1-3-11(13)16-12-6-5-10(17(19)23)7-14(12)22(21-16)15-8-24-9-20-15/h1-9H,(H2,19,23). The average Bonchev–Trinajstić information content (AvgIpc) is 3.22. The zero-order valence-electron chi connectivity index (χ0n) is 12.3. The summed E-state index contributed by atoms with van der Waals surface area (Å²) in [5, 5.41) is 8.06. The highest BCUT2D eigenvalue weighted by molar-refractivity contribution is 7.07. The lowest BCUT2D eigenvalue weighted by atomic mass is 10.1. The fourth-order valence-electron chi connectivity index (χ4n) is 2.61. The Kier molecular flexibility index (Phi) is 3.55. The number of rotatable bonds is 3. The maximum Gasteiger partial charge on any atom is 0.248 e. The van der Waals surface area contributed by atoms with Gasteiger partial charge in [-0.25, -0.2) is 9.67 Å². The molecule has 0 bridgehead atoms. The second kappa shape index (κ2) is 5.74. The number of carbonyl (C=O) groups is 1. The van der Waals surface area contributed by atoms with E-state index in [-0.39, 0.29) is 0 Å². The highest BCUT2D eigenvalue weighted by atomic mass is 35.5. The Hall–Kier alpha value is -2.70. The van der Waals surface area contributed by atoms with Crippen molar-refractivity contribution in [3.63, 3.8) is 0 Å². The van der Waals surface area contributed by atoms with Crippen molar-refractivity contribution >= 4 is 39.7 Å². The molecule has 7 heteroatoms. The first-order valence-electron chi connectivity index (χ1n) is 7.11. The van der Waals surface area contributed by atoms with E-state index < -0.39 is 5.91 Å². The summed E-state index contributed by atoms with van der Waals surface area (Å²) in [6.45, 7) is 0. The fourth-order valence-corrected chi connectivity index (χ4v) is 3.34. The van der Waals surface area contributed by atoms with E-state index in [1.807, 2.05) is 35.7 Å². The first-order valence-corrected chi connectivity index (χ1v) is 8.43. The Morgan fingerprint density at radius 2 is 2.04 bits per heavy atom. The van der Waals surface area contributed by atoms with Crippen LogP contribution in [0.25, 0.3) is 28.0 Å². The second-order valence-electron chi connectivity index (χ2n) is 5.18. The molecule has 0 atom stereocenters. The minimum atomic E-state index is -0.484. The maximum atomic E-state index is 11.5. The van der Waals surface area contributed by atoms with Gasteiger partial charge in [0.2, 0.25) is 5.91 Å². The van der Waals surface area contributed by atoms with Crippen LogP contribution in [0.2, 0.25) is 5.02 Å². The highest BCUT2D eigenvalue weighted by Gasteiger charge is 2.17. The van der Waals surface area contributed by atoms with E-state index in [2.05, 4.69) is 10.1 Å². The van der Waals surface area contributed by atoms with Crippen LogP contribution >= 0.6 is 22.9 Å². The van der Waals surface area contributed by atoms with Crippen LogP contribution in [-0.4, -0.2) is 20.7 Å². The average molecular weight is 355 g/mol. The van der Waals surface area contributed by atoms with E-state index in [9.17, 15) is 4.79 Å². The third-order valence-corrected chi connectivity index (χ3v) is 4.63. The van der Waals surface area contributed by atoms with Crippen LogP contribution in [0.4, 0.5) is 0 Å². The number of benzene rings is 2. The van der Waals surface area contributed by atoms with Gasteiger partial charge in [-0.2, -0.15) is 5.10 Å². The summed E-state index contributed by atoms with van der Waals surface area (Å²) in [6, 6.07) is 12.8. The summed E-state index contributed by atoms with van der Waals surface area (Å²) in [4.78, 5) is 15.8. The van der Waals surface area contributed by atoms with E-state index in [0.29, 0.717) is 16.4 Å². The van der Waals surface area contributed by atoms with Gasteiger partial charge in [0.05, 0.1) is 16.0 Å². The van der Waals surface area contributed by atoms with Gasteiger partial charge in [-0.05, 0) is 24.3 Å². The van der Waals surface area contributed by atoms with Crippen molar-refractivity contribution in [2.75, 3.05) is 0 Å². The van der Waals surface area contributed by atoms with Crippen molar-refractivity contribution in [2.24, 2.45) is 5.73 Å². The van der Waals surface area contributed by atoms with Crippen LogP contribution in [0.3, 0.4) is 0 Å². The van der Waals surface area contributed by atoms with E-state index in [4.69, 9.17) is 17.3 Å². The molecule has 0 saturated carbocycles. The summed E-state index contributed by atoms with van der Waals surface area (Å²) < 4.78 is 1.71. The smallest absolute Gasteiger partial charge is 0.248 e. The molecule has 0 saturated heterocycles. The van der Waals surface area contributed by atoms with Gasteiger partial charge < -0.3 is 5.73 Å². The molecule has 0 aliphatic carbocycles. The second-order valence-corrected chi connectivity index (χ2v) is 6.31. The molecule has 4 rings (SSSR count). The van der Waals surface area contributed by atoms with Gasteiger partial charge in [0.1, 0.15) is 5.69 Å². The molecule has 0 spiro atoms. The van der Waals surface area contributed by atoms with E-state index in [1.165, 1.54) is 11.3 Å². The lowest BCUT2D eigenvalue weighted by Crippen LogP contribution is -2.10. The van der Waals surface area contributed by atoms with Crippen LogP contribution < -0.4 is 5.73 Å². The van der Waals surface area contributed by atoms with E-state index in [0.717, 1.165) is 22.2 Å². The Morgan fingerprint density at radius 3 is 2.75 bits per heavy atom. The monoisotopic (exact) mass is 354 g/mol. The first kappa shape index (κ1) is 14.9. The molecule has 2 N–H and O–H groups in total. The SMILES string of the molecule is NC(=O)c1ccc2c(-c3ccccc3Cl)nn(-c3cscn3)c2c1. The molecule has 2 aromatic heterocycles. The lowest BCUT2D eigenvalue weighted by molar-refractivity contribution is 0.100. The van der Waals surface area contributed by atoms with Gasteiger partial charge in [0.25, 0.3) is 0 Å². The maximum absolute atomic E-state index is 11.5. The number of amides is 1. The molecule has 118 valence electrons. The predicted octanol–water partition coefficient (Wildman–Crippen LogP) is 3.90. The predicted molar refractivity (Wildman–Crippen MR) is 95.7 cm³/mol.